The van der Waals surface area contributed by atoms with E-state index >= 15 is 0 Å². The van der Waals surface area contributed by atoms with Gasteiger partial charge in [-0.15, -0.1) is 0 Å². The Morgan fingerprint density at radius 1 is 1.48 bits per heavy atom. The molecule has 0 aliphatic carbocycles. The number of unbranched alkanes of at least 4 members (excludes halogenated alkanes) is 1. The lowest BCUT2D eigenvalue weighted by Gasteiger charge is -2.20. The summed E-state index contributed by atoms with van der Waals surface area (Å²) in [6.07, 6.45) is -0.0947. The van der Waals surface area contributed by atoms with Crippen molar-refractivity contribution in [2.24, 2.45) is 0 Å². The van der Waals surface area contributed by atoms with Crippen LogP contribution in [0.15, 0.2) is 18.2 Å². The molecule has 2 rings (SSSR count). The Morgan fingerprint density at radius 3 is 2.92 bits per heavy atom. The molecule has 1 aromatic carbocycles. The molecule has 0 saturated heterocycles. The lowest BCUT2D eigenvalue weighted by molar-refractivity contribution is -0.490. The first kappa shape index (κ1) is 19.6. The van der Waals surface area contributed by atoms with Gasteiger partial charge in [0.25, 0.3) is 0 Å². The molecule has 25 heavy (non-hydrogen) atoms. The molecule has 0 aromatic heterocycles. The van der Waals surface area contributed by atoms with Crippen molar-refractivity contribution in [1.82, 2.24) is 0 Å². The van der Waals surface area contributed by atoms with Crippen LogP contribution in [0, 0.1) is 10.1 Å². The Bertz CT molecular complexity index is 586. The molecule has 0 bridgehead atoms. The minimum Gasteiger partial charge on any atom is -0.491 e. The van der Waals surface area contributed by atoms with Gasteiger partial charge in [-0.3, -0.25) is 10.1 Å². The molecule has 1 aliphatic rings. The van der Waals surface area contributed by atoms with Crippen LogP contribution in [0.2, 0.25) is 0 Å². The molecule has 3 atom stereocenters. The Labute approximate surface area is 147 Å². The number of nitrogens with zero attached hydrogens (tertiary/aromatic N) is 1. The van der Waals surface area contributed by atoms with Crippen molar-refractivity contribution in [2.45, 2.75) is 45.0 Å². The SMILES string of the molecule is CCCCOC(C)C(O)COc1cccc2c1B(O)OC2C[N+](=O)[O-]. The van der Waals surface area contributed by atoms with Crippen LogP contribution in [-0.4, -0.2) is 54.1 Å². The van der Waals surface area contributed by atoms with Gasteiger partial charge in [0.05, 0.1) is 6.10 Å². The Hall–Kier alpha value is -1.68. The largest absolute Gasteiger partial charge is 0.496 e. The summed E-state index contributed by atoms with van der Waals surface area (Å²) in [6.45, 7) is 3.95. The summed E-state index contributed by atoms with van der Waals surface area (Å²) < 4.78 is 16.4. The van der Waals surface area contributed by atoms with Crippen molar-refractivity contribution >= 4 is 12.6 Å². The summed E-state index contributed by atoms with van der Waals surface area (Å²) in [4.78, 5) is 10.2. The van der Waals surface area contributed by atoms with Crippen LogP contribution in [0.1, 0.15) is 38.4 Å². The predicted molar refractivity (Wildman–Crippen MR) is 91.6 cm³/mol. The van der Waals surface area contributed by atoms with Gasteiger partial charge in [0.2, 0.25) is 6.54 Å². The molecule has 138 valence electrons. The van der Waals surface area contributed by atoms with Crippen molar-refractivity contribution in [2.75, 3.05) is 19.8 Å². The third kappa shape index (κ3) is 5.15. The van der Waals surface area contributed by atoms with Gasteiger partial charge in [-0.1, -0.05) is 25.5 Å². The third-order valence-corrected chi connectivity index (χ3v) is 4.13. The van der Waals surface area contributed by atoms with Crippen LogP contribution < -0.4 is 10.2 Å². The van der Waals surface area contributed by atoms with E-state index < -0.39 is 30.8 Å². The Morgan fingerprint density at radius 2 is 2.24 bits per heavy atom. The summed E-state index contributed by atoms with van der Waals surface area (Å²) in [5, 5.41) is 30.9. The van der Waals surface area contributed by atoms with Crippen molar-refractivity contribution in [1.29, 1.82) is 0 Å². The quantitative estimate of drug-likeness (QED) is 0.275. The van der Waals surface area contributed by atoms with Crippen LogP contribution in [0.4, 0.5) is 0 Å². The van der Waals surface area contributed by atoms with E-state index in [2.05, 4.69) is 6.92 Å². The number of aliphatic hydroxyl groups is 1. The second-order valence-corrected chi connectivity index (χ2v) is 6.06. The summed E-state index contributed by atoms with van der Waals surface area (Å²) in [5.41, 5.74) is 0.907. The van der Waals surface area contributed by atoms with Gasteiger partial charge in [0.1, 0.15) is 24.6 Å². The van der Waals surface area contributed by atoms with Crippen molar-refractivity contribution in [3.8, 4) is 5.75 Å². The van der Waals surface area contributed by atoms with Crippen molar-refractivity contribution in [3.63, 3.8) is 0 Å². The molecule has 0 spiro atoms. The lowest BCUT2D eigenvalue weighted by atomic mass is 9.78. The van der Waals surface area contributed by atoms with E-state index in [-0.39, 0.29) is 12.7 Å². The highest BCUT2D eigenvalue weighted by molar-refractivity contribution is 6.62. The summed E-state index contributed by atoms with van der Waals surface area (Å²) in [5.74, 6) is 0.343. The molecule has 0 fully saturated rings. The summed E-state index contributed by atoms with van der Waals surface area (Å²) >= 11 is 0. The minimum atomic E-state index is -1.29. The summed E-state index contributed by atoms with van der Waals surface area (Å²) in [7, 11) is -1.29. The molecule has 0 saturated carbocycles. The molecule has 2 N–H and O–H groups in total. The fourth-order valence-corrected chi connectivity index (χ4v) is 2.64. The highest BCUT2D eigenvalue weighted by Crippen LogP contribution is 2.28. The van der Waals surface area contributed by atoms with Crippen LogP contribution in [-0.2, 0) is 9.39 Å². The van der Waals surface area contributed by atoms with E-state index in [1.165, 1.54) is 0 Å². The number of nitro groups is 1. The fraction of sp³-hybridized carbons (Fsp3) is 0.625. The van der Waals surface area contributed by atoms with E-state index in [9.17, 15) is 20.2 Å². The molecule has 1 aromatic rings. The Balaban J connectivity index is 1.99. The van der Waals surface area contributed by atoms with Crippen molar-refractivity contribution in [3.05, 3.63) is 33.9 Å². The first-order chi connectivity index (χ1) is 11.9. The molecule has 0 radical (unpaired) electrons. The van der Waals surface area contributed by atoms with Crippen LogP contribution >= 0.6 is 0 Å². The van der Waals surface area contributed by atoms with Crippen molar-refractivity contribution < 1.29 is 29.2 Å². The number of benzene rings is 1. The molecule has 9 heteroatoms. The van der Waals surface area contributed by atoms with Gasteiger partial charge in [-0.25, -0.2) is 0 Å². The van der Waals surface area contributed by atoms with Gasteiger partial charge >= 0.3 is 7.12 Å². The number of ether oxygens (including phenoxy) is 2. The van der Waals surface area contributed by atoms with Crippen LogP contribution in [0.5, 0.6) is 5.75 Å². The first-order valence-electron chi connectivity index (χ1n) is 8.44. The molecular weight excluding hydrogens is 329 g/mol. The lowest BCUT2D eigenvalue weighted by Crippen LogP contribution is -2.35. The molecular formula is C16H24BNO7. The monoisotopic (exact) mass is 353 g/mol. The maximum Gasteiger partial charge on any atom is 0.496 e. The number of aliphatic hydroxyl groups excluding tert-OH is 1. The summed E-state index contributed by atoms with van der Waals surface area (Å²) in [6, 6.07) is 4.98. The zero-order valence-electron chi connectivity index (χ0n) is 14.5. The van der Waals surface area contributed by atoms with Gasteiger partial charge < -0.3 is 24.3 Å². The topological polar surface area (TPSA) is 111 Å². The molecule has 8 nitrogen and oxygen atoms in total. The average molecular weight is 353 g/mol. The molecule has 1 aliphatic heterocycles. The van der Waals surface area contributed by atoms with E-state index in [1.54, 1.807) is 25.1 Å². The van der Waals surface area contributed by atoms with Gasteiger partial charge in [0, 0.05) is 17.0 Å². The first-order valence-corrected chi connectivity index (χ1v) is 8.44. The standard InChI is InChI=1S/C16H24BNO7/c1-3-4-8-23-11(2)13(19)10-24-14-7-5-6-12-15(9-18(21)22)25-17(20)16(12)14/h5-7,11,13,15,19-20H,3-4,8-10H2,1-2H3. The van der Waals surface area contributed by atoms with E-state index in [1.807, 2.05) is 0 Å². The molecule has 3 unspecified atom stereocenters. The van der Waals surface area contributed by atoms with Crippen LogP contribution in [0.25, 0.3) is 0 Å². The van der Waals surface area contributed by atoms with E-state index in [4.69, 9.17) is 14.1 Å². The maximum atomic E-state index is 10.7. The zero-order chi connectivity index (χ0) is 18.4. The zero-order valence-corrected chi connectivity index (χ0v) is 14.5. The predicted octanol–water partition coefficient (Wildman–Crippen LogP) is 0.667. The maximum absolute atomic E-state index is 10.7. The van der Waals surface area contributed by atoms with Gasteiger partial charge in [-0.2, -0.15) is 0 Å². The number of hydrogen-bond acceptors (Lipinski definition) is 7. The second-order valence-electron chi connectivity index (χ2n) is 6.06. The van der Waals surface area contributed by atoms with Crippen LogP contribution in [0.3, 0.4) is 0 Å². The second kappa shape index (κ2) is 9.14. The highest BCUT2D eigenvalue weighted by Gasteiger charge is 2.40. The average Bonchev–Trinajstić information content (AvgIpc) is 2.88. The molecule has 1 heterocycles. The number of rotatable bonds is 10. The van der Waals surface area contributed by atoms with E-state index in [0.29, 0.717) is 23.4 Å². The minimum absolute atomic E-state index is 0.0175. The fourth-order valence-electron chi connectivity index (χ4n) is 2.64. The normalized spacial score (nSPS) is 18.7. The van der Waals surface area contributed by atoms with Gasteiger partial charge in [0.15, 0.2) is 0 Å². The van der Waals surface area contributed by atoms with E-state index in [0.717, 1.165) is 12.8 Å². The Kier molecular flexibility index (Phi) is 7.18. The van der Waals surface area contributed by atoms with Gasteiger partial charge in [-0.05, 0) is 25.0 Å². The third-order valence-electron chi connectivity index (χ3n) is 4.13. The highest BCUT2D eigenvalue weighted by atomic mass is 16.6. The number of fused-ring (bicyclic) bond motifs is 1. The smallest absolute Gasteiger partial charge is 0.491 e. The number of hydrogen-bond donors (Lipinski definition) is 2. The molecule has 0 amide bonds.